The molecule has 4 heterocycles. The molecule has 0 N–H and O–H groups in total. The number of nitrogens with zero attached hydrogens (tertiary/aromatic N) is 5. The molecule has 0 radical (unpaired) electrons. The summed E-state index contributed by atoms with van der Waals surface area (Å²) in [6.07, 6.45) is 1.90. The molecule has 0 amide bonds. The summed E-state index contributed by atoms with van der Waals surface area (Å²) in [7, 11) is 0. The fraction of sp³-hybridized carbons (Fsp3) is 0.127. The van der Waals surface area contributed by atoms with Crippen molar-refractivity contribution in [2.45, 2.75) is 48.5 Å². The third-order valence-corrected chi connectivity index (χ3v) is 12.8. The molecular weight excluding hydrogens is 937 g/mol. The van der Waals surface area contributed by atoms with Gasteiger partial charge in [-0.3, -0.25) is 4.98 Å². The minimum Gasteiger partial charge on any atom is -0.352 e. The van der Waals surface area contributed by atoms with Crippen LogP contribution in [0.4, 0.5) is 34.1 Å². The molecule has 9 aromatic rings. The van der Waals surface area contributed by atoms with Gasteiger partial charge in [0.2, 0.25) is 6.71 Å². The molecule has 0 unspecified atom stereocenters. The van der Waals surface area contributed by atoms with Gasteiger partial charge in [0, 0.05) is 34.6 Å². The van der Waals surface area contributed by atoms with Gasteiger partial charge in [0.05, 0.1) is 16.9 Å². The molecule has 7 aromatic carbocycles. The SMILES string of the molecule is Cc1ccnc(-c2[c-]c3c(cc2)N(c2c(C)cccc2C)c2cccc4c2B3c2[c-]c(-c3nc5ccccc5n3-c3c(C)cccc3C)ccc2N4c2c(C)cccc2C)c1.[Pt+2]. The van der Waals surface area contributed by atoms with Gasteiger partial charge >= 0.3 is 21.1 Å². The van der Waals surface area contributed by atoms with E-state index in [0.29, 0.717) is 0 Å². The van der Waals surface area contributed by atoms with Crippen LogP contribution >= 0.6 is 0 Å². The van der Waals surface area contributed by atoms with Crippen molar-refractivity contribution in [2.24, 2.45) is 0 Å². The van der Waals surface area contributed by atoms with Crippen LogP contribution in [0.15, 0.2) is 140 Å². The molecule has 5 nitrogen and oxygen atoms in total. The Labute approximate surface area is 379 Å². The van der Waals surface area contributed by atoms with Crippen LogP contribution in [0.5, 0.6) is 0 Å². The molecule has 2 aliphatic rings. The Bertz CT molecular complexity index is 3200. The Morgan fingerprint density at radius 2 is 0.984 bits per heavy atom. The van der Waals surface area contributed by atoms with Gasteiger partial charge in [-0.15, -0.1) is 58.5 Å². The Balaban J connectivity index is 0.00000458. The zero-order valence-electron chi connectivity index (χ0n) is 35.9. The first-order valence-corrected chi connectivity index (χ1v) is 21.1. The van der Waals surface area contributed by atoms with E-state index in [1.54, 1.807) is 0 Å². The average Bonchev–Trinajstić information content (AvgIpc) is 3.63. The minimum absolute atomic E-state index is 0. The number of aromatic nitrogens is 3. The Hall–Kier alpha value is -6.49. The van der Waals surface area contributed by atoms with Crippen molar-refractivity contribution in [1.29, 1.82) is 0 Å². The van der Waals surface area contributed by atoms with E-state index in [-0.39, 0.29) is 27.8 Å². The predicted molar refractivity (Wildman–Crippen MR) is 255 cm³/mol. The van der Waals surface area contributed by atoms with Crippen molar-refractivity contribution in [2.75, 3.05) is 9.80 Å². The third-order valence-electron chi connectivity index (χ3n) is 12.8. The van der Waals surface area contributed by atoms with Crippen molar-refractivity contribution >= 4 is 68.3 Å². The summed E-state index contributed by atoms with van der Waals surface area (Å²) < 4.78 is 2.34. The molecule has 0 saturated carbocycles. The molecule has 62 heavy (non-hydrogen) atoms. The van der Waals surface area contributed by atoms with Crippen molar-refractivity contribution in [1.82, 2.24) is 14.5 Å². The maximum absolute atomic E-state index is 5.39. The molecule has 0 aliphatic carbocycles. The topological polar surface area (TPSA) is 37.2 Å². The standard InChI is InChI=1S/C55H44BN5.Pt/c1-33-28-29-57-45(30-33)40-24-26-46-42(31-40)56-43-32-41(55-58-44-20-8-9-21-48(44)61(55)54-38(6)18-12-19-39(54)7)25-27-47(43)60(53-36(4)16-11-17-37(53)5)50-23-13-22-49(51(50)56)59(46)52-34(2)14-10-15-35(52)3;/h8-30H,1-7H3;/q-2;+2. The summed E-state index contributed by atoms with van der Waals surface area (Å²) in [6, 6.07) is 56.4. The summed E-state index contributed by atoms with van der Waals surface area (Å²) in [5.74, 6) is 0.869. The first kappa shape index (κ1) is 39.6. The number of pyridine rings is 1. The van der Waals surface area contributed by atoms with E-state index in [2.05, 4.69) is 208 Å². The van der Waals surface area contributed by atoms with Crippen LogP contribution in [0.2, 0.25) is 0 Å². The van der Waals surface area contributed by atoms with Crippen LogP contribution in [0.3, 0.4) is 0 Å². The maximum Gasteiger partial charge on any atom is 2.00 e. The van der Waals surface area contributed by atoms with Gasteiger partial charge in [0.1, 0.15) is 0 Å². The van der Waals surface area contributed by atoms with Crippen LogP contribution in [-0.4, -0.2) is 21.2 Å². The Kier molecular flexibility index (Phi) is 9.68. The quantitative estimate of drug-likeness (QED) is 0.127. The number of anilines is 6. The maximum atomic E-state index is 5.39. The number of hydrogen-bond acceptors (Lipinski definition) is 4. The number of hydrogen-bond donors (Lipinski definition) is 0. The normalized spacial score (nSPS) is 12.5. The molecule has 0 saturated heterocycles. The molecule has 7 heteroatoms. The summed E-state index contributed by atoms with van der Waals surface area (Å²) >= 11 is 0. The van der Waals surface area contributed by atoms with E-state index >= 15 is 0 Å². The van der Waals surface area contributed by atoms with Crippen LogP contribution in [0, 0.1) is 60.6 Å². The van der Waals surface area contributed by atoms with E-state index < -0.39 is 0 Å². The second-order valence-corrected chi connectivity index (χ2v) is 16.9. The zero-order chi connectivity index (χ0) is 41.7. The molecule has 302 valence electrons. The van der Waals surface area contributed by atoms with E-state index in [1.807, 2.05) is 6.20 Å². The van der Waals surface area contributed by atoms with Gasteiger partial charge in [0.25, 0.3) is 0 Å². The van der Waals surface area contributed by atoms with E-state index in [1.165, 1.54) is 50.2 Å². The van der Waals surface area contributed by atoms with Crippen molar-refractivity contribution in [3.63, 3.8) is 0 Å². The Morgan fingerprint density at radius 3 is 1.55 bits per heavy atom. The number of imidazole rings is 1. The van der Waals surface area contributed by atoms with Gasteiger partial charge < -0.3 is 19.4 Å². The number of benzene rings is 7. The molecule has 2 aromatic heterocycles. The molecule has 2 aliphatic heterocycles. The van der Waals surface area contributed by atoms with E-state index in [4.69, 9.17) is 9.97 Å². The number of para-hydroxylation sites is 5. The van der Waals surface area contributed by atoms with Gasteiger partial charge in [-0.1, -0.05) is 84.4 Å². The van der Waals surface area contributed by atoms with Crippen LogP contribution in [0.1, 0.15) is 38.9 Å². The number of fused-ring (bicyclic) bond motifs is 5. The number of aryl methyl sites for hydroxylation is 7. The first-order valence-electron chi connectivity index (χ1n) is 21.1. The molecule has 0 atom stereocenters. The minimum atomic E-state index is -0.194. The summed E-state index contributed by atoms with van der Waals surface area (Å²) in [6.45, 7) is 15.2. The summed E-state index contributed by atoms with van der Waals surface area (Å²) in [5.41, 5.74) is 24.7. The van der Waals surface area contributed by atoms with Gasteiger partial charge in [-0.2, -0.15) is 0 Å². The van der Waals surface area contributed by atoms with Crippen LogP contribution < -0.4 is 26.2 Å². The average molecular weight is 981 g/mol. The fourth-order valence-electron chi connectivity index (χ4n) is 10.1. The molecule has 0 fully saturated rings. The van der Waals surface area contributed by atoms with Crippen molar-refractivity contribution in [3.05, 3.63) is 191 Å². The largest absolute Gasteiger partial charge is 2.00 e. The van der Waals surface area contributed by atoms with Crippen LogP contribution in [0.25, 0.3) is 39.4 Å². The van der Waals surface area contributed by atoms with Crippen molar-refractivity contribution in [3.8, 4) is 28.3 Å². The fourth-order valence-corrected chi connectivity index (χ4v) is 10.1. The van der Waals surface area contributed by atoms with Crippen molar-refractivity contribution < 1.29 is 21.1 Å². The summed E-state index contributed by atoms with van der Waals surface area (Å²) in [5, 5.41) is 0. The summed E-state index contributed by atoms with van der Waals surface area (Å²) in [4.78, 5) is 15.2. The molecule has 0 bridgehead atoms. The second kappa shape index (κ2) is 15.1. The van der Waals surface area contributed by atoms with Crippen LogP contribution in [-0.2, 0) is 21.1 Å². The molecule has 0 spiro atoms. The van der Waals surface area contributed by atoms with Gasteiger partial charge in [-0.05, 0) is 135 Å². The smallest absolute Gasteiger partial charge is 0.352 e. The van der Waals surface area contributed by atoms with E-state index in [9.17, 15) is 0 Å². The molecule has 11 rings (SSSR count). The third kappa shape index (κ3) is 6.02. The molecular formula is C55H44BN5Pt. The van der Waals surface area contributed by atoms with E-state index in [0.717, 1.165) is 78.6 Å². The first-order chi connectivity index (χ1) is 29.7. The monoisotopic (exact) mass is 980 g/mol. The number of rotatable bonds is 5. The van der Waals surface area contributed by atoms with Gasteiger partial charge in [0.15, 0.2) is 0 Å². The van der Waals surface area contributed by atoms with Gasteiger partial charge in [-0.25, -0.2) is 0 Å². The zero-order valence-corrected chi connectivity index (χ0v) is 38.2. The second-order valence-electron chi connectivity index (χ2n) is 16.9. The predicted octanol–water partition coefficient (Wildman–Crippen LogP) is 11.6. The Morgan fingerprint density at radius 1 is 0.484 bits per heavy atom.